The first kappa shape index (κ1) is 18.6. The molecule has 0 spiro atoms. The third-order valence-corrected chi connectivity index (χ3v) is 4.93. The number of nitrogens with one attached hydrogen (secondary N) is 2. The molecule has 1 amide bonds. The molecule has 9 heteroatoms. The Hall–Kier alpha value is -2.78. The maximum atomic E-state index is 12.1. The number of nitro benzene ring substituents is 1. The Morgan fingerprint density at radius 1 is 1.08 bits per heavy atom. The average Bonchev–Trinajstić information content (AvgIpc) is 2.59. The summed E-state index contributed by atoms with van der Waals surface area (Å²) in [4.78, 5) is 21.9. The van der Waals surface area contributed by atoms with Crippen LogP contribution in [0.5, 0.6) is 0 Å². The second-order valence-corrected chi connectivity index (χ2v) is 6.99. The summed E-state index contributed by atoms with van der Waals surface area (Å²) in [6.07, 6.45) is 0. The van der Waals surface area contributed by atoms with Gasteiger partial charge in [-0.15, -0.1) is 0 Å². The normalized spacial score (nSPS) is 11.1. The molecular formula is C16H17N3O5S. The van der Waals surface area contributed by atoms with Crippen LogP contribution in [-0.4, -0.2) is 32.3 Å². The summed E-state index contributed by atoms with van der Waals surface area (Å²) in [5.74, 6) is -0.285. The van der Waals surface area contributed by atoms with Crippen LogP contribution in [0.1, 0.15) is 15.9 Å². The number of rotatable bonds is 7. The van der Waals surface area contributed by atoms with Crippen molar-refractivity contribution in [2.45, 2.75) is 11.8 Å². The van der Waals surface area contributed by atoms with E-state index in [1.54, 1.807) is 12.1 Å². The van der Waals surface area contributed by atoms with Gasteiger partial charge < -0.3 is 5.32 Å². The van der Waals surface area contributed by atoms with Crippen LogP contribution in [0.2, 0.25) is 0 Å². The first-order valence-electron chi connectivity index (χ1n) is 7.39. The quantitative estimate of drug-likeness (QED) is 0.440. The minimum Gasteiger partial charge on any atom is -0.351 e. The van der Waals surface area contributed by atoms with Gasteiger partial charge in [0.1, 0.15) is 0 Å². The summed E-state index contributed by atoms with van der Waals surface area (Å²) in [5, 5.41) is 13.2. The average molecular weight is 363 g/mol. The number of carbonyl (C=O) groups is 1. The highest BCUT2D eigenvalue weighted by molar-refractivity contribution is 7.89. The molecule has 0 aliphatic rings. The molecule has 25 heavy (non-hydrogen) atoms. The monoisotopic (exact) mass is 363 g/mol. The topological polar surface area (TPSA) is 118 Å². The van der Waals surface area contributed by atoms with Gasteiger partial charge in [-0.3, -0.25) is 14.9 Å². The molecule has 0 bridgehead atoms. The zero-order valence-corrected chi connectivity index (χ0v) is 14.2. The van der Waals surface area contributed by atoms with Crippen LogP contribution in [0.15, 0.2) is 53.4 Å². The van der Waals surface area contributed by atoms with Crippen molar-refractivity contribution in [3.63, 3.8) is 0 Å². The molecule has 132 valence electrons. The van der Waals surface area contributed by atoms with Crippen LogP contribution in [0.25, 0.3) is 0 Å². The van der Waals surface area contributed by atoms with Crippen molar-refractivity contribution in [2.75, 3.05) is 13.1 Å². The van der Waals surface area contributed by atoms with Crippen LogP contribution < -0.4 is 10.0 Å². The highest BCUT2D eigenvalue weighted by Crippen LogP contribution is 2.15. The van der Waals surface area contributed by atoms with E-state index in [-0.39, 0.29) is 29.6 Å². The van der Waals surface area contributed by atoms with Gasteiger partial charge in [0.05, 0.1) is 9.82 Å². The van der Waals surface area contributed by atoms with Gasteiger partial charge in [0, 0.05) is 30.8 Å². The molecule has 0 heterocycles. The predicted molar refractivity (Wildman–Crippen MR) is 91.8 cm³/mol. The Labute approximate surface area is 145 Å². The lowest BCUT2D eigenvalue weighted by atomic mass is 10.1. The van der Waals surface area contributed by atoms with Crippen LogP contribution in [0.3, 0.4) is 0 Å². The summed E-state index contributed by atoms with van der Waals surface area (Å²) in [5.41, 5.74) is 1.16. The molecule has 0 atom stereocenters. The number of benzene rings is 2. The van der Waals surface area contributed by atoms with Gasteiger partial charge in [-0.25, -0.2) is 13.1 Å². The zero-order valence-electron chi connectivity index (χ0n) is 13.4. The largest absolute Gasteiger partial charge is 0.351 e. The van der Waals surface area contributed by atoms with Crippen molar-refractivity contribution < 1.29 is 18.1 Å². The summed E-state index contributed by atoms with van der Waals surface area (Å²) in [7, 11) is -3.80. The molecule has 8 nitrogen and oxygen atoms in total. The van der Waals surface area contributed by atoms with Crippen LogP contribution in [-0.2, 0) is 10.0 Å². The van der Waals surface area contributed by atoms with Crippen molar-refractivity contribution in [1.29, 1.82) is 0 Å². The molecule has 0 saturated heterocycles. The van der Waals surface area contributed by atoms with Gasteiger partial charge in [0.15, 0.2) is 0 Å². The Balaban J connectivity index is 1.89. The smallest absolute Gasteiger partial charge is 0.269 e. The molecule has 2 aromatic carbocycles. The highest BCUT2D eigenvalue weighted by Gasteiger charge is 2.15. The van der Waals surface area contributed by atoms with Gasteiger partial charge in [-0.1, -0.05) is 18.2 Å². The fourth-order valence-electron chi connectivity index (χ4n) is 2.11. The SMILES string of the molecule is Cc1ccccc1C(=O)NCCNS(=O)(=O)c1ccc([N+](=O)[O-])cc1. The van der Waals surface area contributed by atoms with Crippen LogP contribution in [0.4, 0.5) is 5.69 Å². The van der Waals surface area contributed by atoms with Crippen molar-refractivity contribution in [2.24, 2.45) is 0 Å². The third-order valence-electron chi connectivity index (χ3n) is 3.45. The van der Waals surface area contributed by atoms with E-state index in [1.165, 1.54) is 0 Å². The minimum absolute atomic E-state index is 0.00303. The summed E-state index contributed by atoms with van der Waals surface area (Å²) in [6, 6.07) is 11.6. The van der Waals surface area contributed by atoms with E-state index in [2.05, 4.69) is 10.0 Å². The van der Waals surface area contributed by atoms with Gasteiger partial charge >= 0.3 is 0 Å². The number of hydrogen-bond acceptors (Lipinski definition) is 5. The number of non-ortho nitro benzene ring substituents is 1. The fraction of sp³-hybridized carbons (Fsp3) is 0.188. The Bertz CT molecular complexity index is 879. The maximum Gasteiger partial charge on any atom is 0.269 e. The van der Waals surface area contributed by atoms with E-state index >= 15 is 0 Å². The minimum atomic E-state index is -3.80. The van der Waals surface area contributed by atoms with Crippen molar-refractivity contribution in [3.05, 3.63) is 69.8 Å². The van der Waals surface area contributed by atoms with E-state index in [1.807, 2.05) is 19.1 Å². The van der Waals surface area contributed by atoms with E-state index in [0.717, 1.165) is 29.8 Å². The van der Waals surface area contributed by atoms with Crippen molar-refractivity contribution in [3.8, 4) is 0 Å². The van der Waals surface area contributed by atoms with Crippen LogP contribution >= 0.6 is 0 Å². The lowest BCUT2D eigenvalue weighted by Gasteiger charge is -2.09. The molecule has 0 saturated carbocycles. The van der Waals surface area contributed by atoms with E-state index in [4.69, 9.17) is 0 Å². The van der Waals surface area contributed by atoms with Gasteiger partial charge in [0.25, 0.3) is 11.6 Å². The molecule has 0 fully saturated rings. The number of nitro groups is 1. The Kier molecular flexibility index (Phi) is 5.84. The molecule has 0 radical (unpaired) electrons. The zero-order chi connectivity index (χ0) is 18.4. The number of carbonyl (C=O) groups excluding carboxylic acids is 1. The molecule has 0 aromatic heterocycles. The van der Waals surface area contributed by atoms with Gasteiger partial charge in [-0.2, -0.15) is 0 Å². The van der Waals surface area contributed by atoms with E-state index in [9.17, 15) is 23.3 Å². The predicted octanol–water partition coefficient (Wildman–Crippen LogP) is 1.61. The van der Waals surface area contributed by atoms with Gasteiger partial charge in [-0.05, 0) is 30.7 Å². The number of nitrogens with zero attached hydrogens (tertiary/aromatic N) is 1. The number of amides is 1. The second-order valence-electron chi connectivity index (χ2n) is 5.22. The second kappa shape index (κ2) is 7.86. The fourth-order valence-corrected chi connectivity index (χ4v) is 3.15. The summed E-state index contributed by atoms with van der Waals surface area (Å²) < 4.78 is 26.5. The lowest BCUT2D eigenvalue weighted by Crippen LogP contribution is -2.34. The number of sulfonamides is 1. The molecule has 2 aromatic rings. The molecule has 0 aliphatic carbocycles. The summed E-state index contributed by atoms with van der Waals surface area (Å²) in [6.45, 7) is 1.92. The van der Waals surface area contributed by atoms with Crippen LogP contribution in [0, 0.1) is 17.0 Å². The number of aryl methyl sites for hydroxylation is 1. The first-order chi connectivity index (χ1) is 11.8. The Morgan fingerprint density at radius 3 is 2.32 bits per heavy atom. The van der Waals surface area contributed by atoms with Gasteiger partial charge in [0.2, 0.25) is 10.0 Å². The summed E-state index contributed by atoms with van der Waals surface area (Å²) >= 11 is 0. The third kappa shape index (κ3) is 4.85. The van der Waals surface area contributed by atoms with Crippen molar-refractivity contribution >= 4 is 21.6 Å². The highest BCUT2D eigenvalue weighted by atomic mass is 32.2. The molecule has 0 aliphatic heterocycles. The van der Waals surface area contributed by atoms with E-state index in [0.29, 0.717) is 5.56 Å². The van der Waals surface area contributed by atoms with Crippen molar-refractivity contribution in [1.82, 2.24) is 10.0 Å². The molecular weight excluding hydrogens is 346 g/mol. The Morgan fingerprint density at radius 2 is 1.72 bits per heavy atom. The molecule has 0 unspecified atom stereocenters. The molecule has 2 N–H and O–H groups in total. The maximum absolute atomic E-state index is 12.1. The molecule has 2 rings (SSSR count). The lowest BCUT2D eigenvalue weighted by molar-refractivity contribution is -0.384. The number of hydrogen-bond donors (Lipinski definition) is 2. The standard InChI is InChI=1S/C16H17N3O5S/c1-12-4-2-3-5-15(12)16(20)17-10-11-18-25(23,24)14-8-6-13(7-9-14)19(21)22/h2-9,18H,10-11H2,1H3,(H,17,20). The first-order valence-corrected chi connectivity index (χ1v) is 8.87. The van der Waals surface area contributed by atoms with E-state index < -0.39 is 14.9 Å².